The average molecular weight is 239 g/mol. The maximum atomic E-state index is 11.3. The molecule has 0 radical (unpaired) electrons. The fraction of sp³-hybridized carbons (Fsp3) is 0.300. The number of nitrogens with one attached hydrogen (secondary N) is 2. The zero-order valence-corrected chi connectivity index (χ0v) is 9.05. The molecule has 17 heavy (non-hydrogen) atoms. The molecule has 0 saturated heterocycles. The molecule has 0 atom stereocenters. The van der Waals surface area contributed by atoms with Gasteiger partial charge >= 0.3 is 6.03 Å². The molecule has 0 bridgehead atoms. The van der Waals surface area contributed by atoms with Gasteiger partial charge in [-0.2, -0.15) is 0 Å². The molecule has 1 rings (SSSR count). The van der Waals surface area contributed by atoms with Crippen LogP contribution < -0.4 is 10.6 Å². The van der Waals surface area contributed by atoms with Crippen LogP contribution in [0.15, 0.2) is 24.3 Å². The van der Waals surface area contributed by atoms with Crippen molar-refractivity contribution in [3.63, 3.8) is 0 Å². The number of carbonyl (C=O) groups is 1. The summed E-state index contributed by atoms with van der Waals surface area (Å²) in [5, 5.41) is 23.9. The van der Waals surface area contributed by atoms with E-state index in [-0.39, 0.29) is 12.3 Å². The number of rotatable bonds is 5. The van der Waals surface area contributed by atoms with Crippen LogP contribution in [0.25, 0.3) is 0 Å². The number of nitro groups is 1. The molecule has 0 aliphatic heterocycles. The minimum Gasteiger partial charge on any atom is -0.396 e. The summed E-state index contributed by atoms with van der Waals surface area (Å²) in [6, 6.07) is 5.10. The quantitative estimate of drug-likeness (QED) is 0.406. The molecule has 1 aromatic rings. The minimum absolute atomic E-state index is 0.0117. The molecule has 0 aromatic heterocycles. The van der Waals surface area contributed by atoms with E-state index in [1.807, 2.05) is 0 Å². The molecule has 7 heteroatoms. The van der Waals surface area contributed by atoms with Crippen LogP contribution in [-0.2, 0) is 0 Å². The van der Waals surface area contributed by atoms with Crippen LogP contribution in [-0.4, -0.2) is 29.2 Å². The number of anilines is 1. The summed E-state index contributed by atoms with van der Waals surface area (Å²) < 4.78 is 0. The first-order valence-electron chi connectivity index (χ1n) is 5.03. The third-order valence-electron chi connectivity index (χ3n) is 1.96. The number of non-ortho nitro benzene ring substituents is 1. The Balaban J connectivity index is 2.46. The van der Waals surface area contributed by atoms with Gasteiger partial charge in [-0.1, -0.05) is 0 Å². The Morgan fingerprint density at radius 3 is 2.53 bits per heavy atom. The maximum Gasteiger partial charge on any atom is 0.319 e. The molecule has 7 nitrogen and oxygen atoms in total. The first-order chi connectivity index (χ1) is 8.13. The second-order valence-corrected chi connectivity index (χ2v) is 3.26. The largest absolute Gasteiger partial charge is 0.396 e. The number of hydrogen-bond donors (Lipinski definition) is 3. The van der Waals surface area contributed by atoms with E-state index in [1.165, 1.54) is 24.3 Å². The number of aliphatic hydroxyl groups is 1. The monoisotopic (exact) mass is 239 g/mol. The van der Waals surface area contributed by atoms with E-state index >= 15 is 0 Å². The lowest BCUT2D eigenvalue weighted by Gasteiger charge is -2.06. The molecule has 0 saturated carbocycles. The Bertz CT molecular complexity index is 391. The topological polar surface area (TPSA) is 104 Å². The van der Waals surface area contributed by atoms with Crippen molar-refractivity contribution in [2.24, 2.45) is 0 Å². The number of aliphatic hydroxyl groups excluding tert-OH is 1. The first-order valence-corrected chi connectivity index (χ1v) is 5.03. The number of amides is 2. The van der Waals surface area contributed by atoms with Crippen LogP contribution in [0.5, 0.6) is 0 Å². The van der Waals surface area contributed by atoms with Gasteiger partial charge in [-0.15, -0.1) is 0 Å². The van der Waals surface area contributed by atoms with Crippen molar-refractivity contribution in [2.45, 2.75) is 6.42 Å². The van der Waals surface area contributed by atoms with Crippen molar-refractivity contribution in [3.05, 3.63) is 34.4 Å². The molecule has 1 aromatic carbocycles. The molecule has 2 amide bonds. The second kappa shape index (κ2) is 6.44. The fourth-order valence-electron chi connectivity index (χ4n) is 1.12. The van der Waals surface area contributed by atoms with Crippen LogP contribution in [0.4, 0.5) is 16.2 Å². The van der Waals surface area contributed by atoms with Crippen molar-refractivity contribution in [1.29, 1.82) is 0 Å². The molecular formula is C10H13N3O4. The highest BCUT2D eigenvalue weighted by Crippen LogP contribution is 2.14. The minimum atomic E-state index is -0.509. The maximum absolute atomic E-state index is 11.3. The van der Waals surface area contributed by atoms with Crippen LogP contribution >= 0.6 is 0 Å². The lowest BCUT2D eigenvalue weighted by atomic mass is 10.3. The fourth-order valence-corrected chi connectivity index (χ4v) is 1.12. The Morgan fingerprint density at radius 2 is 2.00 bits per heavy atom. The van der Waals surface area contributed by atoms with Gasteiger partial charge in [0.1, 0.15) is 0 Å². The van der Waals surface area contributed by atoms with Gasteiger partial charge < -0.3 is 15.7 Å². The predicted molar refractivity (Wildman–Crippen MR) is 61.8 cm³/mol. The normalized spacial score (nSPS) is 9.71. The van der Waals surface area contributed by atoms with Gasteiger partial charge in [0, 0.05) is 31.0 Å². The summed E-state index contributed by atoms with van der Waals surface area (Å²) in [5.74, 6) is 0. The standard InChI is InChI=1S/C10H13N3O4/c14-7-1-6-11-10(15)12-8-2-4-9(5-3-8)13(16)17/h2-5,14H,1,6-7H2,(H2,11,12,15). The van der Waals surface area contributed by atoms with Crippen molar-refractivity contribution in [3.8, 4) is 0 Å². The van der Waals surface area contributed by atoms with Gasteiger partial charge in [0.25, 0.3) is 5.69 Å². The van der Waals surface area contributed by atoms with Crippen LogP contribution in [0.1, 0.15) is 6.42 Å². The highest BCUT2D eigenvalue weighted by Gasteiger charge is 2.05. The van der Waals surface area contributed by atoms with Gasteiger partial charge in [0.05, 0.1) is 4.92 Å². The van der Waals surface area contributed by atoms with Crippen molar-refractivity contribution in [2.75, 3.05) is 18.5 Å². The van der Waals surface area contributed by atoms with Crippen molar-refractivity contribution >= 4 is 17.4 Å². The summed E-state index contributed by atoms with van der Waals surface area (Å²) in [7, 11) is 0. The van der Waals surface area contributed by atoms with Gasteiger partial charge in [-0.05, 0) is 18.6 Å². The number of benzene rings is 1. The third kappa shape index (κ3) is 4.47. The molecule has 0 aliphatic rings. The van der Waals surface area contributed by atoms with Crippen molar-refractivity contribution in [1.82, 2.24) is 5.32 Å². The highest BCUT2D eigenvalue weighted by atomic mass is 16.6. The smallest absolute Gasteiger partial charge is 0.319 e. The van der Waals surface area contributed by atoms with Crippen LogP contribution in [0, 0.1) is 10.1 Å². The second-order valence-electron chi connectivity index (χ2n) is 3.26. The summed E-state index contributed by atoms with van der Waals surface area (Å²) in [5.41, 5.74) is 0.438. The number of carbonyl (C=O) groups excluding carboxylic acids is 1. The van der Waals surface area contributed by atoms with E-state index in [0.29, 0.717) is 18.7 Å². The number of nitro benzene ring substituents is 1. The van der Waals surface area contributed by atoms with Gasteiger partial charge in [0.2, 0.25) is 0 Å². The Kier molecular flexibility index (Phi) is 4.89. The van der Waals surface area contributed by atoms with E-state index in [0.717, 1.165) is 0 Å². The van der Waals surface area contributed by atoms with Gasteiger partial charge in [-0.3, -0.25) is 10.1 Å². The van der Waals surface area contributed by atoms with E-state index in [4.69, 9.17) is 5.11 Å². The third-order valence-corrected chi connectivity index (χ3v) is 1.96. The Hall–Kier alpha value is -2.15. The molecule has 3 N–H and O–H groups in total. The molecule has 92 valence electrons. The number of hydrogen-bond acceptors (Lipinski definition) is 4. The molecule has 0 fully saturated rings. The summed E-state index contributed by atoms with van der Waals surface area (Å²) in [6.07, 6.45) is 0.480. The zero-order chi connectivity index (χ0) is 12.7. The number of nitrogens with zero attached hydrogens (tertiary/aromatic N) is 1. The van der Waals surface area contributed by atoms with E-state index in [1.54, 1.807) is 0 Å². The molecule has 0 aliphatic carbocycles. The summed E-state index contributed by atoms with van der Waals surface area (Å²) in [4.78, 5) is 21.2. The molecule has 0 heterocycles. The molecule has 0 unspecified atom stereocenters. The Morgan fingerprint density at radius 1 is 1.35 bits per heavy atom. The van der Waals surface area contributed by atoms with E-state index in [9.17, 15) is 14.9 Å². The van der Waals surface area contributed by atoms with Gasteiger partial charge in [0.15, 0.2) is 0 Å². The summed E-state index contributed by atoms with van der Waals surface area (Å²) >= 11 is 0. The van der Waals surface area contributed by atoms with Crippen LogP contribution in [0.3, 0.4) is 0 Å². The van der Waals surface area contributed by atoms with E-state index < -0.39 is 11.0 Å². The lowest BCUT2D eigenvalue weighted by molar-refractivity contribution is -0.384. The lowest BCUT2D eigenvalue weighted by Crippen LogP contribution is -2.29. The SMILES string of the molecule is O=C(NCCCO)Nc1ccc([N+](=O)[O-])cc1. The van der Waals surface area contributed by atoms with Crippen LogP contribution in [0.2, 0.25) is 0 Å². The first kappa shape index (κ1) is 12.9. The zero-order valence-electron chi connectivity index (χ0n) is 9.05. The highest BCUT2D eigenvalue weighted by molar-refractivity contribution is 5.89. The predicted octanol–water partition coefficient (Wildman–Crippen LogP) is 1.10. The Labute approximate surface area is 97.6 Å². The van der Waals surface area contributed by atoms with E-state index in [2.05, 4.69) is 10.6 Å². The van der Waals surface area contributed by atoms with Crippen molar-refractivity contribution < 1.29 is 14.8 Å². The summed E-state index contributed by atoms with van der Waals surface area (Å²) in [6.45, 7) is 0.382. The molecular weight excluding hydrogens is 226 g/mol. The number of urea groups is 1. The molecule has 0 spiro atoms. The van der Waals surface area contributed by atoms with Gasteiger partial charge in [-0.25, -0.2) is 4.79 Å². The average Bonchev–Trinajstić information content (AvgIpc) is 2.30.